The van der Waals surface area contributed by atoms with Crippen LogP contribution in [0, 0.1) is 0 Å². The molecule has 0 unspecified atom stereocenters. The standard InChI is InChI=1S/C11H12F5NO2/c1-18-6-4-3-5-7(19-2)8(6)9(17)10(12,13)11(14,15)16/h3-5,9H,17H2,1-2H3/t9-/m0/s1. The van der Waals surface area contributed by atoms with Gasteiger partial charge in [-0.1, -0.05) is 6.07 Å². The van der Waals surface area contributed by atoms with E-state index < -0.39 is 23.7 Å². The van der Waals surface area contributed by atoms with Gasteiger partial charge in [0.05, 0.1) is 19.8 Å². The van der Waals surface area contributed by atoms with E-state index in [0.717, 1.165) is 14.2 Å². The van der Waals surface area contributed by atoms with Gasteiger partial charge in [-0.05, 0) is 12.1 Å². The molecule has 0 fully saturated rings. The van der Waals surface area contributed by atoms with Crippen LogP contribution in [0.1, 0.15) is 11.6 Å². The van der Waals surface area contributed by atoms with Crippen LogP contribution in [-0.2, 0) is 0 Å². The molecule has 1 rings (SSSR count). The van der Waals surface area contributed by atoms with Gasteiger partial charge in [0.25, 0.3) is 0 Å². The molecule has 0 aliphatic carbocycles. The third kappa shape index (κ3) is 2.73. The number of nitrogens with two attached hydrogens (primary N) is 1. The van der Waals surface area contributed by atoms with Crippen molar-refractivity contribution in [3.05, 3.63) is 23.8 Å². The van der Waals surface area contributed by atoms with E-state index >= 15 is 0 Å². The zero-order valence-corrected chi connectivity index (χ0v) is 10.1. The van der Waals surface area contributed by atoms with Gasteiger partial charge in [0.2, 0.25) is 0 Å². The van der Waals surface area contributed by atoms with Crippen molar-refractivity contribution in [1.82, 2.24) is 0 Å². The molecule has 1 aromatic rings. The summed E-state index contributed by atoms with van der Waals surface area (Å²) in [6.07, 6.45) is -5.77. The van der Waals surface area contributed by atoms with Crippen molar-refractivity contribution in [3.8, 4) is 11.5 Å². The summed E-state index contributed by atoms with van der Waals surface area (Å²) in [6, 6.07) is 1.21. The van der Waals surface area contributed by atoms with Crippen molar-refractivity contribution in [3.63, 3.8) is 0 Å². The molecule has 0 saturated heterocycles. The van der Waals surface area contributed by atoms with Gasteiger partial charge in [-0.3, -0.25) is 0 Å². The summed E-state index contributed by atoms with van der Waals surface area (Å²) >= 11 is 0. The minimum atomic E-state index is -5.77. The van der Waals surface area contributed by atoms with Crippen LogP contribution in [0.15, 0.2) is 18.2 Å². The Kier molecular flexibility index (Phi) is 4.24. The highest BCUT2D eigenvalue weighted by molar-refractivity contribution is 5.47. The topological polar surface area (TPSA) is 44.5 Å². The molecular formula is C11H12F5NO2. The van der Waals surface area contributed by atoms with Crippen LogP contribution in [0.5, 0.6) is 11.5 Å². The summed E-state index contributed by atoms with van der Waals surface area (Å²) in [5.74, 6) is -5.50. The Morgan fingerprint density at radius 1 is 1.00 bits per heavy atom. The summed E-state index contributed by atoms with van der Waals surface area (Å²) in [7, 11) is 2.27. The second-order valence-electron chi connectivity index (χ2n) is 3.67. The Bertz CT molecular complexity index is 425. The van der Waals surface area contributed by atoms with Gasteiger partial charge in [-0.15, -0.1) is 0 Å². The number of benzene rings is 1. The summed E-state index contributed by atoms with van der Waals surface area (Å²) in [4.78, 5) is 0. The van der Waals surface area contributed by atoms with E-state index in [1.165, 1.54) is 18.2 Å². The largest absolute Gasteiger partial charge is 0.496 e. The quantitative estimate of drug-likeness (QED) is 0.865. The van der Waals surface area contributed by atoms with Gasteiger partial charge < -0.3 is 15.2 Å². The molecule has 0 aliphatic heterocycles. The van der Waals surface area contributed by atoms with E-state index in [0.29, 0.717) is 0 Å². The van der Waals surface area contributed by atoms with E-state index in [9.17, 15) is 22.0 Å². The fraction of sp³-hybridized carbons (Fsp3) is 0.455. The highest BCUT2D eigenvalue weighted by Gasteiger charge is 2.62. The Hall–Kier alpha value is -1.57. The molecule has 0 saturated carbocycles. The molecule has 0 spiro atoms. The maximum atomic E-state index is 13.3. The van der Waals surface area contributed by atoms with E-state index in [1.54, 1.807) is 0 Å². The van der Waals surface area contributed by atoms with Gasteiger partial charge in [0.1, 0.15) is 17.5 Å². The van der Waals surface area contributed by atoms with E-state index in [4.69, 9.17) is 15.2 Å². The van der Waals surface area contributed by atoms with Crippen molar-refractivity contribution in [2.45, 2.75) is 18.1 Å². The van der Waals surface area contributed by atoms with Crippen LogP contribution in [0.3, 0.4) is 0 Å². The minimum Gasteiger partial charge on any atom is -0.496 e. The lowest BCUT2D eigenvalue weighted by atomic mass is 9.99. The molecule has 1 atom stereocenters. The highest BCUT2D eigenvalue weighted by atomic mass is 19.4. The molecule has 8 heteroatoms. The number of hydrogen-bond donors (Lipinski definition) is 1. The van der Waals surface area contributed by atoms with Gasteiger partial charge in [-0.25, -0.2) is 0 Å². The average molecular weight is 285 g/mol. The maximum absolute atomic E-state index is 13.3. The molecule has 108 valence electrons. The molecule has 0 radical (unpaired) electrons. The van der Waals surface area contributed by atoms with Gasteiger partial charge >= 0.3 is 12.1 Å². The number of hydrogen-bond acceptors (Lipinski definition) is 3. The Balaban J connectivity index is 3.37. The summed E-state index contributed by atoms with van der Waals surface area (Å²) < 4.78 is 73.1. The number of rotatable bonds is 4. The average Bonchev–Trinajstić information content (AvgIpc) is 2.35. The number of halogens is 5. The molecule has 3 nitrogen and oxygen atoms in total. The SMILES string of the molecule is COc1cccc(OC)c1[C@H](N)C(F)(F)C(F)(F)F. The normalized spacial score (nSPS) is 14.1. The summed E-state index contributed by atoms with van der Waals surface area (Å²) in [6.45, 7) is 0. The summed E-state index contributed by atoms with van der Waals surface area (Å²) in [5.41, 5.74) is 4.55. The zero-order valence-electron chi connectivity index (χ0n) is 10.1. The maximum Gasteiger partial charge on any atom is 0.455 e. The predicted octanol–water partition coefficient (Wildman–Crippen LogP) is 2.90. The first kappa shape index (κ1) is 15.5. The second-order valence-corrected chi connectivity index (χ2v) is 3.67. The smallest absolute Gasteiger partial charge is 0.455 e. The first-order valence-electron chi connectivity index (χ1n) is 5.07. The fourth-order valence-electron chi connectivity index (χ4n) is 1.54. The van der Waals surface area contributed by atoms with E-state index in [2.05, 4.69) is 0 Å². The Morgan fingerprint density at radius 3 is 1.74 bits per heavy atom. The van der Waals surface area contributed by atoms with Crippen LogP contribution in [0.4, 0.5) is 22.0 Å². The molecule has 0 aliphatic rings. The lowest BCUT2D eigenvalue weighted by molar-refractivity contribution is -0.291. The molecule has 0 aromatic heterocycles. The molecule has 2 N–H and O–H groups in total. The van der Waals surface area contributed by atoms with Crippen molar-refractivity contribution in [2.24, 2.45) is 5.73 Å². The van der Waals surface area contributed by atoms with E-state index in [-0.39, 0.29) is 11.5 Å². The fourth-order valence-corrected chi connectivity index (χ4v) is 1.54. The van der Waals surface area contributed by atoms with Gasteiger partial charge in [0.15, 0.2) is 0 Å². The van der Waals surface area contributed by atoms with Crippen molar-refractivity contribution in [1.29, 1.82) is 0 Å². The van der Waals surface area contributed by atoms with E-state index in [1.807, 2.05) is 0 Å². The zero-order chi connectivity index (χ0) is 14.8. The molecule has 1 aromatic carbocycles. The number of methoxy groups -OCH3 is 2. The molecule has 19 heavy (non-hydrogen) atoms. The first-order valence-corrected chi connectivity index (χ1v) is 5.07. The van der Waals surface area contributed by atoms with Crippen LogP contribution in [0.2, 0.25) is 0 Å². The molecular weight excluding hydrogens is 273 g/mol. The molecule has 0 amide bonds. The third-order valence-electron chi connectivity index (χ3n) is 2.55. The van der Waals surface area contributed by atoms with Crippen molar-refractivity contribution in [2.75, 3.05) is 14.2 Å². The predicted molar refractivity (Wildman–Crippen MR) is 57.5 cm³/mol. The monoisotopic (exact) mass is 285 g/mol. The Morgan fingerprint density at radius 2 is 1.42 bits per heavy atom. The minimum absolute atomic E-state index is 0.198. The van der Waals surface area contributed by atoms with Crippen LogP contribution < -0.4 is 15.2 Å². The van der Waals surface area contributed by atoms with Crippen LogP contribution in [0.25, 0.3) is 0 Å². The number of ether oxygens (including phenoxy) is 2. The third-order valence-corrected chi connectivity index (χ3v) is 2.55. The first-order chi connectivity index (χ1) is 8.66. The van der Waals surface area contributed by atoms with Gasteiger partial charge in [-0.2, -0.15) is 22.0 Å². The van der Waals surface area contributed by atoms with Gasteiger partial charge in [0, 0.05) is 0 Å². The van der Waals surface area contributed by atoms with Crippen molar-refractivity contribution >= 4 is 0 Å². The molecule has 0 bridgehead atoms. The molecule has 0 heterocycles. The van der Waals surface area contributed by atoms with Crippen LogP contribution in [-0.4, -0.2) is 26.3 Å². The Labute approximate surface area is 106 Å². The lowest BCUT2D eigenvalue weighted by Gasteiger charge is -2.27. The second kappa shape index (κ2) is 5.20. The summed E-state index contributed by atoms with van der Waals surface area (Å²) in [5, 5.41) is 0. The lowest BCUT2D eigenvalue weighted by Crippen LogP contribution is -2.46. The highest BCUT2D eigenvalue weighted by Crippen LogP contribution is 2.47. The van der Waals surface area contributed by atoms with Crippen molar-refractivity contribution < 1.29 is 31.4 Å². The number of alkyl halides is 5. The van der Waals surface area contributed by atoms with Crippen LogP contribution >= 0.6 is 0 Å².